The molecule has 0 radical (unpaired) electrons. The predicted octanol–water partition coefficient (Wildman–Crippen LogP) is 4.99. The first-order valence-electron chi connectivity index (χ1n) is 7.85. The molecule has 0 amide bonds. The topological polar surface area (TPSA) is 21.6 Å². The molecule has 0 atom stereocenters. The first kappa shape index (κ1) is 13.6. The molecule has 0 spiro atoms. The molecule has 2 heteroatoms. The second kappa shape index (κ2) is 8.34. The van der Waals surface area contributed by atoms with Gasteiger partial charge in [0.2, 0.25) is 0 Å². The van der Waals surface area contributed by atoms with Crippen molar-refractivity contribution >= 4 is 5.71 Å². The van der Waals surface area contributed by atoms with Gasteiger partial charge in [-0.2, -0.15) is 0 Å². The maximum atomic E-state index is 5.47. The predicted molar refractivity (Wildman–Crippen MR) is 76.9 cm³/mol. The summed E-state index contributed by atoms with van der Waals surface area (Å²) in [4.78, 5) is 5.47. The van der Waals surface area contributed by atoms with Crippen molar-refractivity contribution in [3.8, 4) is 0 Å². The minimum Gasteiger partial charge on any atom is -0.396 e. The molecule has 0 saturated heterocycles. The van der Waals surface area contributed by atoms with Gasteiger partial charge in [0, 0.05) is 0 Å². The first-order valence-corrected chi connectivity index (χ1v) is 7.85. The van der Waals surface area contributed by atoms with Gasteiger partial charge in [0.05, 0.1) is 5.71 Å². The molecule has 1 heterocycles. The molecule has 1 aliphatic heterocycles. The first-order chi connectivity index (χ1) is 8.97. The lowest BCUT2D eigenvalue weighted by Gasteiger charge is -2.09. The van der Waals surface area contributed by atoms with E-state index in [1.807, 2.05) is 0 Å². The van der Waals surface area contributed by atoms with E-state index >= 15 is 0 Å². The average molecular weight is 249 g/mol. The van der Waals surface area contributed by atoms with Gasteiger partial charge in [0.1, 0.15) is 6.61 Å². The van der Waals surface area contributed by atoms with Gasteiger partial charge >= 0.3 is 0 Å². The highest BCUT2D eigenvalue weighted by atomic mass is 16.6. The molecular weight excluding hydrogens is 222 g/mol. The summed E-state index contributed by atoms with van der Waals surface area (Å²) in [6.45, 7) is 0.802. The summed E-state index contributed by atoms with van der Waals surface area (Å²) in [7, 11) is 0. The smallest absolute Gasteiger partial charge is 0.117 e. The second-order valence-corrected chi connectivity index (χ2v) is 5.57. The quantitative estimate of drug-likeness (QED) is 0.641. The Morgan fingerprint density at radius 1 is 0.778 bits per heavy atom. The van der Waals surface area contributed by atoms with Crippen LogP contribution in [0.2, 0.25) is 0 Å². The van der Waals surface area contributed by atoms with Gasteiger partial charge in [-0.1, -0.05) is 36.9 Å². The fourth-order valence-electron chi connectivity index (χ4n) is 2.83. The third-order valence-electron chi connectivity index (χ3n) is 3.99. The van der Waals surface area contributed by atoms with Gasteiger partial charge < -0.3 is 4.84 Å². The van der Waals surface area contributed by atoms with E-state index in [-0.39, 0.29) is 0 Å². The van der Waals surface area contributed by atoms with Crippen molar-refractivity contribution in [2.45, 2.75) is 77.0 Å². The van der Waals surface area contributed by atoms with Crippen LogP contribution in [0.1, 0.15) is 77.0 Å². The second-order valence-electron chi connectivity index (χ2n) is 5.57. The highest BCUT2D eigenvalue weighted by molar-refractivity contribution is 5.99. The fraction of sp³-hybridized carbons (Fsp3) is 0.812. The van der Waals surface area contributed by atoms with Crippen molar-refractivity contribution in [1.82, 2.24) is 0 Å². The molecule has 0 aromatic heterocycles. The van der Waals surface area contributed by atoms with E-state index in [0.717, 1.165) is 19.4 Å². The maximum Gasteiger partial charge on any atom is 0.117 e. The van der Waals surface area contributed by atoms with E-state index in [2.05, 4.69) is 11.2 Å². The van der Waals surface area contributed by atoms with Crippen molar-refractivity contribution in [3.05, 3.63) is 11.6 Å². The number of allylic oxidation sites excluding steroid dienone is 2. The van der Waals surface area contributed by atoms with Crippen molar-refractivity contribution in [2.75, 3.05) is 6.61 Å². The minimum absolute atomic E-state index is 0.802. The van der Waals surface area contributed by atoms with E-state index in [9.17, 15) is 0 Å². The number of hydrogen-bond acceptors (Lipinski definition) is 2. The molecule has 0 saturated carbocycles. The summed E-state index contributed by atoms with van der Waals surface area (Å²) in [5.41, 5.74) is 2.73. The zero-order chi connectivity index (χ0) is 12.5. The Kier molecular flexibility index (Phi) is 6.32. The summed E-state index contributed by atoms with van der Waals surface area (Å²) in [5, 5.41) is 4.42. The standard InChI is InChI=1S/C16H27NO/c1-2-4-8-12-15(11-7-3-1)16-13-9-5-6-10-14-18-17-16/h11H,1-10,12-14H2/b15-11+,17-16+. The van der Waals surface area contributed by atoms with Crippen LogP contribution in [0, 0.1) is 0 Å². The summed E-state index contributed by atoms with van der Waals surface area (Å²) in [5.74, 6) is 0. The number of rotatable bonds is 1. The third kappa shape index (κ3) is 4.83. The largest absolute Gasteiger partial charge is 0.396 e. The van der Waals surface area contributed by atoms with E-state index in [4.69, 9.17) is 4.84 Å². The van der Waals surface area contributed by atoms with Crippen molar-refractivity contribution in [1.29, 1.82) is 0 Å². The molecule has 0 aromatic rings. The fourth-order valence-corrected chi connectivity index (χ4v) is 2.83. The molecule has 2 rings (SSSR count). The number of hydrogen-bond donors (Lipinski definition) is 0. The van der Waals surface area contributed by atoms with E-state index < -0.39 is 0 Å². The monoisotopic (exact) mass is 249 g/mol. The van der Waals surface area contributed by atoms with E-state index in [1.54, 1.807) is 0 Å². The van der Waals surface area contributed by atoms with Crippen LogP contribution in [-0.4, -0.2) is 12.3 Å². The normalized spacial score (nSPS) is 29.8. The zero-order valence-electron chi connectivity index (χ0n) is 11.6. The Hall–Kier alpha value is -0.790. The summed E-state index contributed by atoms with van der Waals surface area (Å²) in [6.07, 6.45) is 17.9. The van der Waals surface area contributed by atoms with Crippen molar-refractivity contribution in [2.24, 2.45) is 5.16 Å². The molecule has 1 aliphatic carbocycles. The van der Waals surface area contributed by atoms with Gasteiger partial charge in [-0.25, -0.2) is 0 Å². The van der Waals surface area contributed by atoms with Gasteiger partial charge in [0.25, 0.3) is 0 Å². The summed E-state index contributed by atoms with van der Waals surface area (Å²) < 4.78 is 0. The van der Waals surface area contributed by atoms with Gasteiger partial charge in [0.15, 0.2) is 0 Å². The maximum absolute atomic E-state index is 5.47. The molecule has 2 nitrogen and oxygen atoms in total. The Labute approximate surface area is 111 Å². The summed E-state index contributed by atoms with van der Waals surface area (Å²) >= 11 is 0. The Morgan fingerprint density at radius 2 is 1.50 bits per heavy atom. The van der Waals surface area contributed by atoms with Crippen LogP contribution in [0.25, 0.3) is 0 Å². The Bertz CT molecular complexity index is 263. The highest BCUT2D eigenvalue weighted by Gasteiger charge is 2.10. The number of nitrogens with zero attached hydrogens (tertiary/aromatic N) is 1. The van der Waals surface area contributed by atoms with Gasteiger partial charge in [-0.3, -0.25) is 0 Å². The van der Waals surface area contributed by atoms with Gasteiger partial charge in [-0.15, -0.1) is 0 Å². The lowest BCUT2D eigenvalue weighted by atomic mass is 9.98. The van der Waals surface area contributed by atoms with Crippen LogP contribution in [0.15, 0.2) is 16.8 Å². The van der Waals surface area contributed by atoms with E-state index in [0.29, 0.717) is 0 Å². The zero-order valence-corrected chi connectivity index (χ0v) is 11.6. The minimum atomic E-state index is 0.802. The molecule has 0 aromatic carbocycles. The summed E-state index contributed by atoms with van der Waals surface area (Å²) in [6, 6.07) is 0. The Morgan fingerprint density at radius 3 is 2.44 bits per heavy atom. The Balaban J connectivity index is 1.99. The molecule has 0 bridgehead atoms. The van der Waals surface area contributed by atoms with E-state index in [1.165, 1.54) is 75.5 Å². The molecular formula is C16H27NO. The van der Waals surface area contributed by atoms with Crippen molar-refractivity contribution < 1.29 is 4.84 Å². The lowest BCUT2D eigenvalue weighted by Crippen LogP contribution is -2.04. The molecule has 0 N–H and O–H groups in total. The molecule has 2 aliphatic rings. The van der Waals surface area contributed by atoms with Crippen LogP contribution in [0.4, 0.5) is 0 Å². The van der Waals surface area contributed by atoms with Crippen LogP contribution < -0.4 is 0 Å². The average Bonchev–Trinajstić information content (AvgIpc) is 2.61. The lowest BCUT2D eigenvalue weighted by molar-refractivity contribution is 0.141. The van der Waals surface area contributed by atoms with Crippen LogP contribution in [-0.2, 0) is 4.84 Å². The van der Waals surface area contributed by atoms with Crippen LogP contribution >= 0.6 is 0 Å². The van der Waals surface area contributed by atoms with Crippen LogP contribution in [0.5, 0.6) is 0 Å². The SMILES string of the molecule is C1=C(/C2=N/OCCCCCC2)CCCCCCC/1. The van der Waals surface area contributed by atoms with Gasteiger partial charge in [-0.05, 0) is 56.9 Å². The number of oxime groups is 1. The molecule has 18 heavy (non-hydrogen) atoms. The molecule has 0 unspecified atom stereocenters. The molecule has 0 fully saturated rings. The van der Waals surface area contributed by atoms with Crippen molar-refractivity contribution in [3.63, 3.8) is 0 Å². The highest BCUT2D eigenvalue weighted by Crippen LogP contribution is 2.21. The molecule has 102 valence electrons. The third-order valence-corrected chi connectivity index (χ3v) is 3.99. The van der Waals surface area contributed by atoms with Crippen LogP contribution in [0.3, 0.4) is 0 Å².